The molecule has 1 saturated heterocycles. The maximum Gasteiger partial charge on any atom is 0.273 e. The number of hydrogen-bond donors (Lipinski definition) is 2. The number of carbonyl (C=O) groups excluding carboxylic acids is 1. The number of nitrogens with one attached hydrogen (secondary N) is 2. The van der Waals surface area contributed by atoms with Crippen molar-refractivity contribution in [3.8, 4) is 0 Å². The topological polar surface area (TPSA) is 41.1 Å². The molecule has 1 aromatic carbocycles. The number of rotatable bonds is 1. The minimum absolute atomic E-state index is 0.159. The molecule has 6 heteroatoms. The molecule has 0 bridgehead atoms. The lowest BCUT2D eigenvalue weighted by Crippen LogP contribution is -2.21. The van der Waals surface area contributed by atoms with Gasteiger partial charge in [-0.1, -0.05) is 17.7 Å². The van der Waals surface area contributed by atoms with Crippen LogP contribution < -0.4 is 10.6 Å². The van der Waals surface area contributed by atoms with Crippen LogP contribution in [0.1, 0.15) is 5.56 Å². The fourth-order valence-electron chi connectivity index (χ4n) is 1.28. The first kappa shape index (κ1) is 11.0. The predicted octanol–water partition coefficient (Wildman–Crippen LogP) is 1.82. The van der Waals surface area contributed by atoms with Crippen molar-refractivity contribution in [1.29, 1.82) is 0 Å². The summed E-state index contributed by atoms with van der Waals surface area (Å²) in [4.78, 5) is 11.3. The van der Waals surface area contributed by atoms with Crippen molar-refractivity contribution in [2.75, 3.05) is 0 Å². The van der Waals surface area contributed by atoms with Crippen LogP contribution in [0.3, 0.4) is 0 Å². The van der Waals surface area contributed by atoms with Gasteiger partial charge in [0.15, 0.2) is 5.11 Å². The summed E-state index contributed by atoms with van der Waals surface area (Å²) in [6.07, 6.45) is 1.33. The first-order valence-electron chi connectivity index (χ1n) is 4.36. The van der Waals surface area contributed by atoms with Crippen molar-refractivity contribution < 1.29 is 9.18 Å². The summed E-state index contributed by atoms with van der Waals surface area (Å²) in [5.74, 6) is -0.892. The average molecular weight is 257 g/mol. The first-order valence-corrected chi connectivity index (χ1v) is 5.14. The molecular weight excluding hydrogens is 251 g/mol. The average Bonchev–Trinajstić information content (AvgIpc) is 2.51. The second-order valence-corrected chi connectivity index (χ2v) is 3.92. The Bertz CT molecular complexity index is 495. The van der Waals surface area contributed by atoms with Crippen molar-refractivity contribution in [2.45, 2.75) is 0 Å². The third-order valence-electron chi connectivity index (χ3n) is 2.01. The molecule has 0 radical (unpaired) electrons. The second-order valence-electron chi connectivity index (χ2n) is 3.10. The molecule has 0 atom stereocenters. The van der Waals surface area contributed by atoms with E-state index in [1.54, 1.807) is 6.07 Å². The van der Waals surface area contributed by atoms with Crippen molar-refractivity contribution in [1.82, 2.24) is 10.6 Å². The fraction of sp³-hybridized carbons (Fsp3) is 0. The van der Waals surface area contributed by atoms with Crippen LogP contribution in [-0.2, 0) is 4.79 Å². The Labute approximate surface area is 101 Å². The largest absolute Gasteiger partial charge is 0.328 e. The van der Waals surface area contributed by atoms with E-state index in [0.717, 1.165) is 0 Å². The zero-order chi connectivity index (χ0) is 11.7. The number of benzene rings is 1. The molecule has 2 rings (SSSR count). The molecule has 2 N–H and O–H groups in total. The normalized spacial score (nSPS) is 17.5. The maximum absolute atomic E-state index is 13.4. The summed E-state index contributed by atoms with van der Waals surface area (Å²) in [5, 5.41) is 5.42. The van der Waals surface area contributed by atoms with Gasteiger partial charge in [-0.3, -0.25) is 10.1 Å². The Morgan fingerprint density at radius 2 is 2.12 bits per heavy atom. The molecule has 16 heavy (non-hydrogen) atoms. The molecule has 0 unspecified atom stereocenters. The molecule has 1 aliphatic rings. The molecule has 1 amide bonds. The molecule has 0 aliphatic carbocycles. The van der Waals surface area contributed by atoms with Gasteiger partial charge >= 0.3 is 0 Å². The van der Waals surface area contributed by atoms with E-state index in [4.69, 9.17) is 23.8 Å². The van der Waals surface area contributed by atoms with Gasteiger partial charge in [-0.15, -0.1) is 0 Å². The molecule has 3 nitrogen and oxygen atoms in total. The van der Waals surface area contributed by atoms with Gasteiger partial charge in [-0.25, -0.2) is 4.39 Å². The minimum Gasteiger partial charge on any atom is -0.328 e. The van der Waals surface area contributed by atoms with E-state index in [1.165, 1.54) is 18.2 Å². The van der Waals surface area contributed by atoms with Gasteiger partial charge in [-0.05, 0) is 30.4 Å². The molecular formula is C10H6ClFN2OS. The molecule has 82 valence electrons. The molecule has 1 heterocycles. The van der Waals surface area contributed by atoms with Crippen molar-refractivity contribution in [3.63, 3.8) is 0 Å². The highest BCUT2D eigenvalue weighted by molar-refractivity contribution is 7.80. The van der Waals surface area contributed by atoms with Crippen LogP contribution in [0.4, 0.5) is 4.39 Å². The fourth-order valence-corrected chi connectivity index (χ4v) is 1.70. The maximum atomic E-state index is 13.4. The van der Waals surface area contributed by atoms with Gasteiger partial charge in [-0.2, -0.15) is 0 Å². The van der Waals surface area contributed by atoms with E-state index in [1.807, 2.05) is 0 Å². The van der Waals surface area contributed by atoms with Crippen LogP contribution in [0.25, 0.3) is 6.08 Å². The minimum atomic E-state index is -0.493. The standard InChI is InChI=1S/C10H6ClFN2OS/c11-6-2-1-3-7(12)5(6)4-8-9(15)14-10(16)13-8/h1-4H,(H2,13,14,15,16)/b8-4-. The van der Waals surface area contributed by atoms with Crippen LogP contribution in [0.5, 0.6) is 0 Å². The molecule has 1 aliphatic heterocycles. The number of hydrogen-bond acceptors (Lipinski definition) is 2. The van der Waals surface area contributed by atoms with Gasteiger partial charge < -0.3 is 5.32 Å². The molecule has 0 spiro atoms. The second kappa shape index (κ2) is 4.19. The van der Waals surface area contributed by atoms with Gasteiger partial charge in [0.05, 0.1) is 5.02 Å². The highest BCUT2D eigenvalue weighted by Gasteiger charge is 2.20. The zero-order valence-corrected chi connectivity index (χ0v) is 9.45. The third-order valence-corrected chi connectivity index (χ3v) is 2.54. The van der Waals surface area contributed by atoms with Crippen LogP contribution in [0, 0.1) is 5.82 Å². The smallest absolute Gasteiger partial charge is 0.273 e. The van der Waals surface area contributed by atoms with E-state index in [9.17, 15) is 9.18 Å². The van der Waals surface area contributed by atoms with Gasteiger partial charge in [0.2, 0.25) is 0 Å². The summed E-state index contributed by atoms with van der Waals surface area (Å²) < 4.78 is 13.4. The molecule has 1 fully saturated rings. The Morgan fingerprint density at radius 1 is 1.38 bits per heavy atom. The number of halogens is 2. The van der Waals surface area contributed by atoms with Gasteiger partial charge in [0.25, 0.3) is 5.91 Å². The lowest BCUT2D eigenvalue weighted by molar-refractivity contribution is -0.115. The van der Waals surface area contributed by atoms with Crippen LogP contribution >= 0.6 is 23.8 Å². The highest BCUT2D eigenvalue weighted by Crippen LogP contribution is 2.21. The summed E-state index contributed by atoms with van der Waals surface area (Å²) in [7, 11) is 0. The lowest BCUT2D eigenvalue weighted by Gasteiger charge is -2.01. The van der Waals surface area contributed by atoms with E-state index in [2.05, 4.69) is 10.6 Å². The van der Waals surface area contributed by atoms with Gasteiger partial charge in [0, 0.05) is 5.56 Å². The number of amides is 1. The van der Waals surface area contributed by atoms with Crippen molar-refractivity contribution in [3.05, 3.63) is 40.3 Å². The van der Waals surface area contributed by atoms with Crippen molar-refractivity contribution in [2.24, 2.45) is 0 Å². The van der Waals surface area contributed by atoms with Crippen molar-refractivity contribution >= 4 is 40.9 Å². The molecule has 0 saturated carbocycles. The van der Waals surface area contributed by atoms with E-state index in [-0.39, 0.29) is 21.4 Å². The summed E-state index contributed by atoms with van der Waals surface area (Å²) in [6.45, 7) is 0. The SMILES string of the molecule is O=C1NC(=S)N/C1=C\c1c(F)cccc1Cl. The first-order chi connectivity index (χ1) is 7.58. The van der Waals surface area contributed by atoms with E-state index >= 15 is 0 Å². The summed E-state index contributed by atoms with van der Waals surface area (Å²) in [5.41, 5.74) is 0.337. The zero-order valence-electron chi connectivity index (χ0n) is 7.88. The number of carbonyl (C=O) groups is 1. The Morgan fingerprint density at radius 3 is 2.69 bits per heavy atom. The Balaban J connectivity index is 2.44. The highest BCUT2D eigenvalue weighted by atomic mass is 35.5. The molecule has 1 aromatic rings. The van der Waals surface area contributed by atoms with E-state index in [0.29, 0.717) is 0 Å². The number of thiocarbonyl (C=S) groups is 1. The summed E-state index contributed by atoms with van der Waals surface area (Å²) in [6, 6.07) is 4.30. The molecule has 0 aromatic heterocycles. The van der Waals surface area contributed by atoms with Gasteiger partial charge in [0.1, 0.15) is 11.5 Å². The van der Waals surface area contributed by atoms with Crippen LogP contribution in [-0.4, -0.2) is 11.0 Å². The quantitative estimate of drug-likeness (QED) is 0.595. The Hall–Kier alpha value is -1.46. The lowest BCUT2D eigenvalue weighted by atomic mass is 10.2. The van der Waals surface area contributed by atoms with E-state index < -0.39 is 11.7 Å². The van der Waals surface area contributed by atoms with Crippen LogP contribution in [0.15, 0.2) is 23.9 Å². The summed E-state index contributed by atoms with van der Waals surface area (Å²) >= 11 is 10.6. The van der Waals surface area contributed by atoms with Crippen LogP contribution in [0.2, 0.25) is 5.02 Å². The Kier molecular flexibility index (Phi) is 2.89. The third kappa shape index (κ3) is 2.05. The monoisotopic (exact) mass is 256 g/mol. The predicted molar refractivity (Wildman–Crippen MR) is 63.3 cm³/mol.